The van der Waals surface area contributed by atoms with Gasteiger partial charge < -0.3 is 5.73 Å². The van der Waals surface area contributed by atoms with Crippen LogP contribution in [-0.2, 0) is 10.8 Å². The summed E-state index contributed by atoms with van der Waals surface area (Å²) in [6.45, 7) is 10.5. The first-order valence-corrected chi connectivity index (χ1v) is 6.91. The van der Waals surface area contributed by atoms with E-state index in [9.17, 15) is 4.21 Å². The van der Waals surface area contributed by atoms with Crippen molar-refractivity contribution in [2.45, 2.75) is 52.3 Å². The van der Waals surface area contributed by atoms with Crippen molar-refractivity contribution >= 4 is 10.8 Å². The fraction of sp³-hybridized carbons (Fsp3) is 1.00. The first-order chi connectivity index (χ1) is 6.40. The Hall–Kier alpha value is 0.110. The maximum atomic E-state index is 11.8. The molecule has 3 heteroatoms. The van der Waals surface area contributed by atoms with Crippen LogP contribution in [0.5, 0.6) is 0 Å². The highest BCUT2D eigenvalue weighted by Crippen LogP contribution is 2.12. The summed E-state index contributed by atoms with van der Waals surface area (Å²) in [6, 6.07) is 0.0852. The fourth-order valence-electron chi connectivity index (χ4n) is 1.11. The van der Waals surface area contributed by atoms with Gasteiger partial charge in [0.25, 0.3) is 0 Å². The van der Waals surface area contributed by atoms with Crippen LogP contribution in [0.4, 0.5) is 0 Å². The van der Waals surface area contributed by atoms with E-state index < -0.39 is 10.8 Å². The van der Waals surface area contributed by atoms with E-state index in [2.05, 4.69) is 27.7 Å². The summed E-state index contributed by atoms with van der Waals surface area (Å²) in [4.78, 5) is 0. The molecule has 0 aromatic carbocycles. The van der Waals surface area contributed by atoms with E-state index in [1.807, 2.05) is 6.92 Å². The molecular formula is C11H25NOS. The van der Waals surface area contributed by atoms with E-state index in [0.29, 0.717) is 17.6 Å². The number of hydrogen-bond acceptors (Lipinski definition) is 2. The van der Waals surface area contributed by atoms with E-state index in [1.165, 1.54) is 0 Å². The summed E-state index contributed by atoms with van der Waals surface area (Å²) in [5, 5.41) is 0.255. The quantitative estimate of drug-likeness (QED) is 0.744. The second-order valence-corrected chi connectivity index (χ2v) is 6.38. The Morgan fingerprint density at radius 3 is 2.07 bits per heavy atom. The first-order valence-electron chi connectivity index (χ1n) is 5.52. The minimum atomic E-state index is -0.772. The molecule has 0 radical (unpaired) electrons. The third kappa shape index (κ3) is 4.56. The Labute approximate surface area is 91.1 Å². The minimum Gasteiger partial charge on any atom is -0.327 e. The molecule has 0 rings (SSSR count). The van der Waals surface area contributed by atoms with E-state index in [1.54, 1.807) is 0 Å². The molecule has 0 heterocycles. The number of nitrogens with two attached hydrogens (primary N) is 1. The van der Waals surface area contributed by atoms with Gasteiger partial charge in [-0.05, 0) is 11.8 Å². The van der Waals surface area contributed by atoms with E-state index in [0.717, 1.165) is 6.42 Å². The van der Waals surface area contributed by atoms with Crippen LogP contribution in [0.25, 0.3) is 0 Å². The zero-order valence-corrected chi connectivity index (χ0v) is 10.9. The number of hydrogen-bond donors (Lipinski definition) is 1. The molecule has 4 atom stereocenters. The summed E-state index contributed by atoms with van der Waals surface area (Å²) in [5.41, 5.74) is 5.97. The largest absolute Gasteiger partial charge is 0.327 e. The van der Waals surface area contributed by atoms with Gasteiger partial charge in [0.05, 0.1) is 0 Å². The lowest BCUT2D eigenvalue weighted by Crippen LogP contribution is -2.36. The predicted molar refractivity (Wildman–Crippen MR) is 64.7 cm³/mol. The van der Waals surface area contributed by atoms with Gasteiger partial charge in [-0.2, -0.15) is 0 Å². The lowest BCUT2D eigenvalue weighted by molar-refractivity contribution is 0.470. The number of rotatable bonds is 6. The van der Waals surface area contributed by atoms with Crippen LogP contribution >= 0.6 is 0 Å². The zero-order valence-electron chi connectivity index (χ0n) is 10.1. The Bertz CT molecular complexity index is 182. The average molecular weight is 219 g/mol. The van der Waals surface area contributed by atoms with Gasteiger partial charge in [0.15, 0.2) is 0 Å². The van der Waals surface area contributed by atoms with Gasteiger partial charge in [-0.3, -0.25) is 4.21 Å². The maximum Gasteiger partial charge on any atom is 0.0392 e. The Morgan fingerprint density at radius 2 is 1.71 bits per heavy atom. The molecule has 4 unspecified atom stereocenters. The molecule has 2 N–H and O–H groups in total. The van der Waals surface area contributed by atoms with Gasteiger partial charge in [-0.15, -0.1) is 0 Å². The molecule has 14 heavy (non-hydrogen) atoms. The SMILES string of the molecule is CCC(C)C(N)CS(=O)C(C)C(C)C. The lowest BCUT2D eigenvalue weighted by Gasteiger charge is -2.21. The van der Waals surface area contributed by atoms with Crippen molar-refractivity contribution in [2.24, 2.45) is 17.6 Å². The van der Waals surface area contributed by atoms with Gasteiger partial charge in [0, 0.05) is 27.8 Å². The molecule has 2 nitrogen and oxygen atoms in total. The summed E-state index contributed by atoms with van der Waals surface area (Å²) >= 11 is 0. The minimum absolute atomic E-state index is 0.0852. The van der Waals surface area contributed by atoms with Crippen molar-refractivity contribution in [1.29, 1.82) is 0 Å². The van der Waals surface area contributed by atoms with Crippen LogP contribution < -0.4 is 5.73 Å². The molecule has 0 saturated carbocycles. The molecule has 0 saturated heterocycles. The molecule has 0 bridgehead atoms. The van der Waals surface area contributed by atoms with Gasteiger partial charge in [-0.1, -0.05) is 41.0 Å². The molecular weight excluding hydrogens is 194 g/mol. The van der Waals surface area contributed by atoms with Crippen LogP contribution in [0, 0.1) is 11.8 Å². The van der Waals surface area contributed by atoms with Gasteiger partial charge in [0.2, 0.25) is 0 Å². The molecule has 0 aliphatic heterocycles. The van der Waals surface area contributed by atoms with E-state index in [4.69, 9.17) is 5.73 Å². The highest BCUT2D eigenvalue weighted by molar-refractivity contribution is 7.85. The van der Waals surface area contributed by atoms with Crippen molar-refractivity contribution in [3.05, 3.63) is 0 Å². The molecule has 0 spiro atoms. The third-order valence-electron chi connectivity index (χ3n) is 3.09. The van der Waals surface area contributed by atoms with Crippen molar-refractivity contribution in [3.63, 3.8) is 0 Å². The Kier molecular flexibility index (Phi) is 6.62. The zero-order chi connectivity index (χ0) is 11.3. The normalized spacial score (nSPS) is 20.5. The summed E-state index contributed by atoms with van der Waals surface area (Å²) in [5.74, 6) is 1.59. The van der Waals surface area contributed by atoms with Crippen molar-refractivity contribution < 1.29 is 4.21 Å². The first kappa shape index (κ1) is 14.1. The topological polar surface area (TPSA) is 43.1 Å². The van der Waals surface area contributed by atoms with Crippen LogP contribution in [0.2, 0.25) is 0 Å². The summed E-state index contributed by atoms with van der Waals surface area (Å²) in [6.07, 6.45) is 1.06. The van der Waals surface area contributed by atoms with Gasteiger partial charge >= 0.3 is 0 Å². The average Bonchev–Trinajstić information content (AvgIpc) is 2.14. The monoisotopic (exact) mass is 219 g/mol. The second kappa shape index (κ2) is 6.57. The van der Waals surface area contributed by atoms with Crippen molar-refractivity contribution in [3.8, 4) is 0 Å². The molecule has 0 aromatic heterocycles. The van der Waals surface area contributed by atoms with Crippen LogP contribution in [0.1, 0.15) is 41.0 Å². The van der Waals surface area contributed by atoms with Crippen LogP contribution in [0.15, 0.2) is 0 Å². The smallest absolute Gasteiger partial charge is 0.0392 e. The van der Waals surface area contributed by atoms with Gasteiger partial charge in [0.1, 0.15) is 0 Å². The molecule has 0 aliphatic carbocycles. The van der Waals surface area contributed by atoms with E-state index in [-0.39, 0.29) is 11.3 Å². The molecule has 0 fully saturated rings. The molecule has 0 aliphatic rings. The predicted octanol–water partition coefficient (Wildman–Crippen LogP) is 2.15. The molecule has 86 valence electrons. The highest BCUT2D eigenvalue weighted by Gasteiger charge is 2.20. The standard InChI is InChI=1S/C11H25NOS/c1-6-9(4)11(12)7-14(13)10(5)8(2)3/h8-11H,6-7,12H2,1-5H3. The summed E-state index contributed by atoms with van der Waals surface area (Å²) < 4.78 is 11.8. The summed E-state index contributed by atoms with van der Waals surface area (Å²) in [7, 11) is -0.772. The highest BCUT2D eigenvalue weighted by atomic mass is 32.2. The van der Waals surface area contributed by atoms with E-state index >= 15 is 0 Å². The van der Waals surface area contributed by atoms with Gasteiger partial charge in [-0.25, -0.2) is 0 Å². The van der Waals surface area contributed by atoms with Crippen molar-refractivity contribution in [1.82, 2.24) is 0 Å². The lowest BCUT2D eigenvalue weighted by atomic mass is 10.0. The molecule has 0 amide bonds. The molecule has 0 aromatic rings. The van der Waals surface area contributed by atoms with Crippen LogP contribution in [0.3, 0.4) is 0 Å². The van der Waals surface area contributed by atoms with Crippen molar-refractivity contribution in [2.75, 3.05) is 5.75 Å². The second-order valence-electron chi connectivity index (χ2n) is 4.55. The third-order valence-corrected chi connectivity index (χ3v) is 5.17. The maximum absolute atomic E-state index is 11.8. The van der Waals surface area contributed by atoms with Crippen LogP contribution in [-0.4, -0.2) is 21.3 Å². The Morgan fingerprint density at radius 1 is 1.21 bits per heavy atom. The Balaban J connectivity index is 4.05. The fourth-order valence-corrected chi connectivity index (χ4v) is 2.73.